The van der Waals surface area contributed by atoms with E-state index in [2.05, 4.69) is 4.99 Å². The Morgan fingerprint density at radius 2 is 2.44 bits per heavy atom. The molecule has 1 heterocycles. The Labute approximate surface area is 54.9 Å². The average Bonchev–Trinajstić information content (AvgIpc) is 1.60. The van der Waals surface area contributed by atoms with Crippen molar-refractivity contribution in [2.45, 2.75) is 25.9 Å². The second kappa shape index (κ2) is 1.95. The molecular formula is C7H11NO. The largest absolute Gasteiger partial charge is 0.386 e. The van der Waals surface area contributed by atoms with Crippen LogP contribution in [0.25, 0.3) is 0 Å². The SMILES string of the molecule is CC1=NC=CC(C)(O)C1. The fraction of sp³-hybridized carbons (Fsp3) is 0.571. The van der Waals surface area contributed by atoms with Gasteiger partial charge in [0.15, 0.2) is 0 Å². The predicted octanol–water partition coefficient (Wildman–Crippen LogP) is 1.12. The maximum Gasteiger partial charge on any atom is 0.0869 e. The summed E-state index contributed by atoms with van der Waals surface area (Å²) in [5.41, 5.74) is 0.328. The van der Waals surface area contributed by atoms with E-state index in [1.165, 1.54) is 0 Å². The second-order valence-electron chi connectivity index (χ2n) is 2.71. The van der Waals surface area contributed by atoms with Gasteiger partial charge in [-0.25, -0.2) is 0 Å². The lowest BCUT2D eigenvalue weighted by Gasteiger charge is -2.20. The van der Waals surface area contributed by atoms with Gasteiger partial charge in [-0.3, -0.25) is 4.99 Å². The summed E-state index contributed by atoms with van der Waals surface area (Å²) in [7, 11) is 0. The van der Waals surface area contributed by atoms with Gasteiger partial charge in [-0.1, -0.05) is 0 Å². The smallest absolute Gasteiger partial charge is 0.0869 e. The van der Waals surface area contributed by atoms with Crippen LogP contribution < -0.4 is 0 Å². The normalized spacial score (nSPS) is 34.3. The molecular weight excluding hydrogens is 114 g/mol. The van der Waals surface area contributed by atoms with E-state index in [-0.39, 0.29) is 0 Å². The van der Waals surface area contributed by atoms with Gasteiger partial charge in [0.25, 0.3) is 0 Å². The molecule has 0 bridgehead atoms. The van der Waals surface area contributed by atoms with Gasteiger partial charge < -0.3 is 5.11 Å². The van der Waals surface area contributed by atoms with Crippen LogP contribution in [0, 0.1) is 0 Å². The van der Waals surface area contributed by atoms with Gasteiger partial charge in [0.05, 0.1) is 5.60 Å². The van der Waals surface area contributed by atoms with Gasteiger partial charge in [-0.05, 0) is 19.9 Å². The molecule has 0 fully saturated rings. The van der Waals surface area contributed by atoms with E-state index in [1.54, 1.807) is 19.2 Å². The maximum absolute atomic E-state index is 9.38. The van der Waals surface area contributed by atoms with E-state index >= 15 is 0 Å². The first-order chi connectivity index (χ1) is 4.10. The summed E-state index contributed by atoms with van der Waals surface area (Å²) in [6.45, 7) is 3.69. The van der Waals surface area contributed by atoms with Crippen molar-refractivity contribution in [3.8, 4) is 0 Å². The molecule has 0 saturated carbocycles. The molecule has 1 atom stereocenters. The van der Waals surface area contributed by atoms with Crippen molar-refractivity contribution in [1.29, 1.82) is 0 Å². The number of hydrogen-bond donors (Lipinski definition) is 1. The molecule has 2 nitrogen and oxygen atoms in total. The molecule has 9 heavy (non-hydrogen) atoms. The van der Waals surface area contributed by atoms with Crippen LogP contribution in [-0.4, -0.2) is 16.4 Å². The molecule has 1 aliphatic heterocycles. The molecule has 1 unspecified atom stereocenters. The van der Waals surface area contributed by atoms with Gasteiger partial charge in [-0.15, -0.1) is 0 Å². The highest BCUT2D eigenvalue weighted by molar-refractivity contribution is 5.84. The number of nitrogens with zero attached hydrogens (tertiary/aromatic N) is 1. The quantitative estimate of drug-likeness (QED) is 0.517. The third kappa shape index (κ3) is 1.64. The zero-order valence-corrected chi connectivity index (χ0v) is 5.76. The van der Waals surface area contributed by atoms with Gasteiger partial charge >= 0.3 is 0 Å². The van der Waals surface area contributed by atoms with E-state index < -0.39 is 5.60 Å². The zero-order chi connectivity index (χ0) is 6.91. The van der Waals surface area contributed by atoms with E-state index in [9.17, 15) is 5.11 Å². The minimum atomic E-state index is -0.661. The molecule has 0 amide bonds. The fourth-order valence-corrected chi connectivity index (χ4v) is 0.948. The molecule has 0 aliphatic carbocycles. The molecule has 1 aliphatic rings. The van der Waals surface area contributed by atoms with Gasteiger partial charge in [0.2, 0.25) is 0 Å². The van der Waals surface area contributed by atoms with Crippen molar-refractivity contribution in [2.24, 2.45) is 4.99 Å². The molecule has 0 aromatic heterocycles. The predicted molar refractivity (Wildman–Crippen MR) is 37.5 cm³/mol. The Morgan fingerprint density at radius 1 is 1.78 bits per heavy atom. The third-order valence-electron chi connectivity index (χ3n) is 1.34. The molecule has 0 radical (unpaired) electrons. The van der Waals surface area contributed by atoms with Crippen molar-refractivity contribution < 1.29 is 5.11 Å². The van der Waals surface area contributed by atoms with Crippen LogP contribution in [0.5, 0.6) is 0 Å². The van der Waals surface area contributed by atoms with Gasteiger partial charge in [0, 0.05) is 18.3 Å². The van der Waals surface area contributed by atoms with Crippen LogP contribution in [0.2, 0.25) is 0 Å². The number of hydrogen-bond acceptors (Lipinski definition) is 2. The van der Waals surface area contributed by atoms with Crippen LogP contribution in [0.1, 0.15) is 20.3 Å². The minimum Gasteiger partial charge on any atom is -0.386 e. The lowest BCUT2D eigenvalue weighted by atomic mass is 9.98. The van der Waals surface area contributed by atoms with Crippen molar-refractivity contribution in [3.63, 3.8) is 0 Å². The molecule has 2 heteroatoms. The molecule has 0 aromatic rings. The lowest BCUT2D eigenvalue weighted by molar-refractivity contribution is 0.118. The Bertz CT molecular complexity index is 168. The van der Waals surface area contributed by atoms with Crippen molar-refractivity contribution in [1.82, 2.24) is 0 Å². The highest BCUT2D eigenvalue weighted by Gasteiger charge is 2.19. The zero-order valence-electron chi connectivity index (χ0n) is 5.76. The molecule has 50 valence electrons. The summed E-state index contributed by atoms with van der Waals surface area (Å²) >= 11 is 0. The molecule has 1 rings (SSSR count). The average molecular weight is 125 g/mol. The Balaban J connectivity index is 2.73. The third-order valence-corrected chi connectivity index (χ3v) is 1.34. The Morgan fingerprint density at radius 3 is 2.78 bits per heavy atom. The van der Waals surface area contributed by atoms with Crippen LogP contribution in [0.4, 0.5) is 0 Å². The van der Waals surface area contributed by atoms with Crippen LogP contribution in [0.3, 0.4) is 0 Å². The molecule has 1 N–H and O–H groups in total. The van der Waals surface area contributed by atoms with E-state index in [0.29, 0.717) is 6.42 Å². The summed E-state index contributed by atoms with van der Waals surface area (Å²) in [5.74, 6) is 0. The summed E-state index contributed by atoms with van der Waals surface area (Å²) in [4.78, 5) is 4.00. The van der Waals surface area contributed by atoms with Crippen LogP contribution in [-0.2, 0) is 0 Å². The van der Waals surface area contributed by atoms with Crippen LogP contribution >= 0.6 is 0 Å². The molecule has 0 saturated heterocycles. The summed E-state index contributed by atoms with van der Waals surface area (Å²) in [6, 6.07) is 0. The fourth-order valence-electron chi connectivity index (χ4n) is 0.948. The lowest BCUT2D eigenvalue weighted by Crippen LogP contribution is -2.25. The summed E-state index contributed by atoms with van der Waals surface area (Å²) in [6.07, 6.45) is 4.02. The Kier molecular flexibility index (Phi) is 1.41. The van der Waals surface area contributed by atoms with Crippen molar-refractivity contribution in [2.75, 3.05) is 0 Å². The highest BCUT2D eigenvalue weighted by Crippen LogP contribution is 2.15. The second-order valence-corrected chi connectivity index (χ2v) is 2.71. The monoisotopic (exact) mass is 125 g/mol. The first-order valence-corrected chi connectivity index (χ1v) is 3.03. The first-order valence-electron chi connectivity index (χ1n) is 3.03. The summed E-state index contributed by atoms with van der Waals surface area (Å²) < 4.78 is 0. The first kappa shape index (κ1) is 6.49. The van der Waals surface area contributed by atoms with Crippen molar-refractivity contribution in [3.05, 3.63) is 12.3 Å². The van der Waals surface area contributed by atoms with Gasteiger partial charge in [-0.2, -0.15) is 0 Å². The number of aliphatic imine (C=N–C) groups is 1. The number of aliphatic hydroxyl groups is 1. The van der Waals surface area contributed by atoms with Crippen LogP contribution in [0.15, 0.2) is 17.3 Å². The highest BCUT2D eigenvalue weighted by atomic mass is 16.3. The summed E-state index contributed by atoms with van der Waals surface area (Å²) in [5, 5.41) is 9.38. The Hall–Kier alpha value is -0.630. The maximum atomic E-state index is 9.38. The standard InChI is InChI=1S/C7H11NO/c1-6-5-7(2,9)3-4-8-6/h3-4,9H,5H2,1-2H3. The molecule has 0 spiro atoms. The number of rotatable bonds is 0. The van der Waals surface area contributed by atoms with E-state index in [1.807, 2.05) is 6.92 Å². The topological polar surface area (TPSA) is 32.6 Å². The van der Waals surface area contributed by atoms with E-state index in [4.69, 9.17) is 0 Å². The van der Waals surface area contributed by atoms with Crippen molar-refractivity contribution >= 4 is 5.71 Å². The van der Waals surface area contributed by atoms with Gasteiger partial charge in [0.1, 0.15) is 0 Å². The van der Waals surface area contributed by atoms with E-state index in [0.717, 1.165) is 5.71 Å². The minimum absolute atomic E-state index is 0.656. The molecule has 0 aromatic carbocycles.